The maximum atomic E-state index is 12.5. The topological polar surface area (TPSA) is 66.5 Å². The van der Waals surface area contributed by atoms with Crippen LogP contribution in [0.3, 0.4) is 0 Å². The van der Waals surface area contributed by atoms with Crippen molar-refractivity contribution in [3.63, 3.8) is 0 Å². The van der Waals surface area contributed by atoms with E-state index in [1.54, 1.807) is 14.1 Å². The number of hydrogen-bond donors (Lipinski definition) is 1. The van der Waals surface area contributed by atoms with Gasteiger partial charge in [-0.2, -0.15) is 4.72 Å². The van der Waals surface area contributed by atoms with Crippen LogP contribution >= 0.6 is 11.6 Å². The number of carbonyl (C=O) groups excluding carboxylic acids is 1. The SMILES string of the molecule is CN(C)C(=O)C(Cc1ccccc1)NS(=O)(=O)c1ccc(Cl)cc1. The van der Waals surface area contributed by atoms with Gasteiger partial charge in [0.15, 0.2) is 0 Å². The molecule has 0 aromatic heterocycles. The fraction of sp³-hybridized carbons (Fsp3) is 0.235. The zero-order valence-corrected chi connectivity index (χ0v) is 15.0. The Balaban J connectivity index is 2.27. The molecule has 0 aliphatic carbocycles. The average molecular weight is 367 g/mol. The number of rotatable bonds is 6. The Hall–Kier alpha value is -1.89. The van der Waals surface area contributed by atoms with Crippen molar-refractivity contribution in [3.8, 4) is 0 Å². The standard InChI is InChI=1S/C17H19ClN2O3S/c1-20(2)17(21)16(12-13-6-4-3-5-7-13)19-24(22,23)15-10-8-14(18)9-11-15/h3-11,16,19H,12H2,1-2H3. The van der Waals surface area contributed by atoms with Crippen molar-refractivity contribution in [2.24, 2.45) is 0 Å². The molecule has 0 aliphatic rings. The summed E-state index contributed by atoms with van der Waals surface area (Å²) >= 11 is 5.79. The number of likely N-dealkylation sites (N-methyl/N-ethyl adjacent to an activating group) is 1. The van der Waals surface area contributed by atoms with Crippen LogP contribution in [0.5, 0.6) is 0 Å². The van der Waals surface area contributed by atoms with E-state index in [9.17, 15) is 13.2 Å². The molecule has 1 N–H and O–H groups in total. The Morgan fingerprint density at radius 3 is 2.21 bits per heavy atom. The second-order valence-corrected chi connectivity index (χ2v) is 7.70. The van der Waals surface area contributed by atoms with Crippen molar-refractivity contribution in [2.75, 3.05) is 14.1 Å². The molecular weight excluding hydrogens is 348 g/mol. The van der Waals surface area contributed by atoms with Gasteiger partial charge < -0.3 is 4.90 Å². The summed E-state index contributed by atoms with van der Waals surface area (Å²) in [4.78, 5) is 13.8. The number of nitrogens with zero attached hydrogens (tertiary/aromatic N) is 1. The van der Waals surface area contributed by atoms with Crippen molar-refractivity contribution in [2.45, 2.75) is 17.4 Å². The molecule has 128 valence electrons. The number of carbonyl (C=O) groups is 1. The minimum Gasteiger partial charge on any atom is -0.347 e. The van der Waals surface area contributed by atoms with Gasteiger partial charge in [0.25, 0.3) is 0 Å². The van der Waals surface area contributed by atoms with Crippen LogP contribution in [-0.2, 0) is 21.2 Å². The third kappa shape index (κ3) is 4.80. The van der Waals surface area contributed by atoms with Gasteiger partial charge in [0.2, 0.25) is 15.9 Å². The summed E-state index contributed by atoms with van der Waals surface area (Å²) in [7, 11) is -0.643. The lowest BCUT2D eigenvalue weighted by atomic mass is 10.1. The number of halogens is 1. The molecule has 5 nitrogen and oxygen atoms in total. The zero-order valence-electron chi connectivity index (χ0n) is 13.4. The molecule has 1 amide bonds. The van der Waals surface area contributed by atoms with Gasteiger partial charge in [-0.15, -0.1) is 0 Å². The molecular formula is C17H19ClN2O3S. The first-order valence-corrected chi connectivity index (χ1v) is 9.19. The van der Waals surface area contributed by atoms with Gasteiger partial charge in [0.1, 0.15) is 6.04 Å². The maximum absolute atomic E-state index is 12.5. The molecule has 0 fully saturated rings. The van der Waals surface area contributed by atoms with E-state index in [2.05, 4.69) is 4.72 Å². The maximum Gasteiger partial charge on any atom is 0.241 e. The second-order valence-electron chi connectivity index (χ2n) is 5.55. The van der Waals surface area contributed by atoms with Crippen molar-refractivity contribution >= 4 is 27.5 Å². The predicted octanol–water partition coefficient (Wildman–Crippen LogP) is 2.32. The van der Waals surface area contributed by atoms with Crippen LogP contribution in [0.2, 0.25) is 5.02 Å². The predicted molar refractivity (Wildman–Crippen MR) is 94.4 cm³/mol. The Morgan fingerprint density at radius 1 is 1.08 bits per heavy atom. The van der Waals surface area contributed by atoms with Crippen LogP contribution in [0.4, 0.5) is 0 Å². The van der Waals surface area contributed by atoms with E-state index in [0.29, 0.717) is 5.02 Å². The van der Waals surface area contributed by atoms with Crippen LogP contribution in [-0.4, -0.2) is 39.4 Å². The summed E-state index contributed by atoms with van der Waals surface area (Å²) in [5.41, 5.74) is 0.872. The molecule has 1 atom stereocenters. The quantitative estimate of drug-likeness (QED) is 0.853. The Bertz CT molecular complexity index is 790. The number of nitrogens with one attached hydrogen (secondary N) is 1. The molecule has 0 spiro atoms. The monoisotopic (exact) mass is 366 g/mol. The van der Waals surface area contributed by atoms with Crippen molar-refractivity contribution in [3.05, 3.63) is 65.2 Å². The molecule has 2 aromatic rings. The third-order valence-corrected chi connectivity index (χ3v) is 5.18. The largest absolute Gasteiger partial charge is 0.347 e. The van der Waals surface area contributed by atoms with E-state index >= 15 is 0 Å². The Morgan fingerprint density at radius 2 is 1.67 bits per heavy atom. The molecule has 0 saturated heterocycles. The highest BCUT2D eigenvalue weighted by molar-refractivity contribution is 7.89. The summed E-state index contributed by atoms with van der Waals surface area (Å²) in [5, 5.41) is 0.444. The molecule has 0 heterocycles. The summed E-state index contributed by atoms with van der Waals surface area (Å²) < 4.78 is 27.6. The van der Waals surface area contributed by atoms with Gasteiger partial charge in [-0.25, -0.2) is 8.42 Å². The molecule has 0 aliphatic heterocycles. The normalized spacial score (nSPS) is 12.6. The number of sulfonamides is 1. The van der Waals surface area contributed by atoms with Crippen LogP contribution in [0.15, 0.2) is 59.5 Å². The number of amides is 1. The van der Waals surface area contributed by atoms with Gasteiger partial charge >= 0.3 is 0 Å². The third-order valence-electron chi connectivity index (χ3n) is 3.44. The summed E-state index contributed by atoms with van der Waals surface area (Å²) in [6.07, 6.45) is 0.269. The van der Waals surface area contributed by atoms with Gasteiger partial charge in [-0.1, -0.05) is 41.9 Å². The fourth-order valence-electron chi connectivity index (χ4n) is 2.21. The highest BCUT2D eigenvalue weighted by Gasteiger charge is 2.27. The van der Waals surface area contributed by atoms with E-state index in [4.69, 9.17) is 11.6 Å². The summed E-state index contributed by atoms with van der Waals surface area (Å²) in [6.45, 7) is 0. The lowest BCUT2D eigenvalue weighted by molar-refractivity contribution is -0.130. The highest BCUT2D eigenvalue weighted by atomic mass is 35.5. The lowest BCUT2D eigenvalue weighted by Crippen LogP contribution is -2.47. The molecule has 7 heteroatoms. The second kappa shape index (κ2) is 7.79. The zero-order chi connectivity index (χ0) is 17.7. The van der Waals surface area contributed by atoms with Gasteiger partial charge in [0.05, 0.1) is 4.90 Å². The molecule has 1 unspecified atom stereocenters. The van der Waals surface area contributed by atoms with Crippen molar-refractivity contribution in [1.29, 1.82) is 0 Å². The lowest BCUT2D eigenvalue weighted by Gasteiger charge is -2.22. The van der Waals surface area contributed by atoms with E-state index in [1.165, 1.54) is 29.2 Å². The Labute approximate surface area is 147 Å². The first-order valence-electron chi connectivity index (χ1n) is 7.32. The molecule has 2 rings (SSSR count). The van der Waals surface area contributed by atoms with Crippen LogP contribution in [0.1, 0.15) is 5.56 Å². The van der Waals surface area contributed by atoms with Crippen molar-refractivity contribution < 1.29 is 13.2 Å². The van der Waals surface area contributed by atoms with Crippen LogP contribution in [0, 0.1) is 0 Å². The van der Waals surface area contributed by atoms with Gasteiger partial charge in [-0.05, 0) is 36.2 Å². The van der Waals surface area contributed by atoms with E-state index < -0.39 is 16.1 Å². The first-order chi connectivity index (χ1) is 11.3. The number of hydrogen-bond acceptors (Lipinski definition) is 3. The molecule has 2 aromatic carbocycles. The van der Waals surface area contributed by atoms with Crippen molar-refractivity contribution in [1.82, 2.24) is 9.62 Å². The Kier molecular flexibility index (Phi) is 5.99. The molecule has 24 heavy (non-hydrogen) atoms. The molecule has 0 bridgehead atoms. The average Bonchev–Trinajstić information content (AvgIpc) is 2.54. The highest BCUT2D eigenvalue weighted by Crippen LogP contribution is 2.15. The summed E-state index contributed by atoms with van der Waals surface area (Å²) in [5.74, 6) is -0.309. The smallest absolute Gasteiger partial charge is 0.241 e. The van der Waals surface area contributed by atoms with E-state index in [1.807, 2.05) is 30.3 Å². The molecule has 0 radical (unpaired) electrons. The fourth-order valence-corrected chi connectivity index (χ4v) is 3.53. The number of benzene rings is 2. The minimum absolute atomic E-state index is 0.0662. The minimum atomic E-state index is -3.83. The summed E-state index contributed by atoms with van der Waals surface area (Å²) in [6, 6.07) is 14.2. The van der Waals surface area contributed by atoms with Gasteiger partial charge in [0, 0.05) is 19.1 Å². The molecule has 0 saturated carbocycles. The van der Waals surface area contributed by atoms with Gasteiger partial charge in [-0.3, -0.25) is 4.79 Å². The van der Waals surface area contributed by atoms with Crippen LogP contribution in [0.25, 0.3) is 0 Å². The van der Waals surface area contributed by atoms with Crippen LogP contribution < -0.4 is 4.72 Å². The van der Waals surface area contributed by atoms with E-state index in [0.717, 1.165) is 5.56 Å². The first kappa shape index (κ1) is 18.4. The van der Waals surface area contributed by atoms with E-state index in [-0.39, 0.29) is 17.2 Å².